The van der Waals surface area contributed by atoms with Crippen LogP contribution >= 0.6 is 15.9 Å². The molecular formula is C34H29BrN2O4. The lowest BCUT2D eigenvalue weighted by molar-refractivity contribution is -0.158. The van der Waals surface area contributed by atoms with Gasteiger partial charge in [-0.2, -0.15) is 0 Å². The zero-order valence-corrected chi connectivity index (χ0v) is 24.1. The summed E-state index contributed by atoms with van der Waals surface area (Å²) >= 11 is 3.60. The normalized spacial score (nSPS) is 17.0. The summed E-state index contributed by atoms with van der Waals surface area (Å²) in [5, 5.41) is 12.7. The summed E-state index contributed by atoms with van der Waals surface area (Å²) in [7, 11) is 0. The molecule has 0 saturated heterocycles. The van der Waals surface area contributed by atoms with Crippen molar-refractivity contribution < 1.29 is 19.4 Å². The third-order valence-electron chi connectivity index (χ3n) is 7.77. The molecular weight excluding hydrogens is 580 g/mol. The second-order valence-corrected chi connectivity index (χ2v) is 11.1. The highest BCUT2D eigenvalue weighted by molar-refractivity contribution is 9.10. The van der Waals surface area contributed by atoms with E-state index in [2.05, 4.69) is 20.5 Å². The van der Waals surface area contributed by atoms with Crippen LogP contribution in [0.5, 0.6) is 0 Å². The van der Waals surface area contributed by atoms with E-state index in [0.29, 0.717) is 29.9 Å². The van der Waals surface area contributed by atoms with Crippen molar-refractivity contribution in [2.45, 2.75) is 31.5 Å². The molecule has 0 unspecified atom stereocenters. The first-order valence-corrected chi connectivity index (χ1v) is 14.4. The Morgan fingerprint density at radius 3 is 2.20 bits per heavy atom. The molecule has 1 aliphatic heterocycles. The molecule has 0 spiro atoms. The molecule has 41 heavy (non-hydrogen) atoms. The van der Waals surface area contributed by atoms with Crippen LogP contribution in [0.4, 0.5) is 5.69 Å². The number of carbonyl (C=O) groups excluding carboxylic acids is 2. The van der Waals surface area contributed by atoms with Crippen LogP contribution in [0.25, 0.3) is 10.9 Å². The number of aromatic nitrogens is 1. The molecule has 0 aliphatic carbocycles. The van der Waals surface area contributed by atoms with Gasteiger partial charge in [0, 0.05) is 39.4 Å². The van der Waals surface area contributed by atoms with Crippen molar-refractivity contribution in [3.05, 3.63) is 136 Å². The lowest BCUT2D eigenvalue weighted by Gasteiger charge is -2.32. The topological polar surface area (TPSA) is 71.8 Å². The fraction of sp³-hybridized carbons (Fsp3) is 0.176. The van der Waals surface area contributed by atoms with Gasteiger partial charge in [0.2, 0.25) is 5.91 Å². The number of hydrogen-bond acceptors (Lipinski definition) is 4. The van der Waals surface area contributed by atoms with Crippen molar-refractivity contribution in [2.24, 2.45) is 0 Å². The second-order valence-electron chi connectivity index (χ2n) is 10.2. The standard InChI is InChI=1S/C34H29BrN2O4/c1-2-41-32(39)31(38)34(27-15-9-10-16-30(27)37(33(34)40)21-24-13-7-4-8-14-24)28-22-36(20-23-11-5-3-6-12-23)29-18-17-25(35)19-26(28)29/h3-19,22,31,38H,2,20-21H2,1H3/t31-,34-/m1/s1. The Kier molecular flexibility index (Phi) is 7.24. The van der Waals surface area contributed by atoms with E-state index in [9.17, 15) is 14.7 Å². The first kappa shape index (κ1) is 27.0. The number of rotatable bonds is 8. The Bertz CT molecular complexity index is 1730. The van der Waals surface area contributed by atoms with Crippen molar-refractivity contribution >= 4 is 44.4 Å². The number of amides is 1. The Balaban J connectivity index is 1.62. The molecule has 7 heteroatoms. The summed E-state index contributed by atoms with van der Waals surface area (Å²) in [5.74, 6) is -1.21. The van der Waals surface area contributed by atoms with E-state index >= 15 is 0 Å². The van der Waals surface area contributed by atoms with Gasteiger partial charge >= 0.3 is 5.97 Å². The Morgan fingerprint density at radius 2 is 1.51 bits per heavy atom. The quantitative estimate of drug-likeness (QED) is 0.213. The maximum absolute atomic E-state index is 14.9. The molecule has 5 aromatic rings. The lowest BCUT2D eigenvalue weighted by Crippen LogP contribution is -2.53. The van der Waals surface area contributed by atoms with Gasteiger partial charge in [0.05, 0.1) is 13.2 Å². The second kappa shape index (κ2) is 11.0. The zero-order valence-electron chi connectivity index (χ0n) is 22.5. The lowest BCUT2D eigenvalue weighted by atomic mass is 9.70. The Morgan fingerprint density at radius 1 is 0.878 bits per heavy atom. The number of hydrogen-bond donors (Lipinski definition) is 1. The minimum Gasteiger partial charge on any atom is -0.464 e. The Labute approximate surface area is 246 Å². The highest BCUT2D eigenvalue weighted by Gasteiger charge is 2.60. The average molecular weight is 610 g/mol. The van der Waals surface area contributed by atoms with E-state index < -0.39 is 17.5 Å². The van der Waals surface area contributed by atoms with Crippen LogP contribution in [0.2, 0.25) is 0 Å². The number of carbonyl (C=O) groups is 2. The monoisotopic (exact) mass is 608 g/mol. The van der Waals surface area contributed by atoms with Crippen LogP contribution < -0.4 is 4.90 Å². The molecule has 1 N–H and O–H groups in total. The number of anilines is 1. The molecule has 6 rings (SSSR count). The van der Waals surface area contributed by atoms with E-state index in [0.717, 1.165) is 26.5 Å². The van der Waals surface area contributed by atoms with Crippen molar-refractivity contribution in [3.63, 3.8) is 0 Å². The molecule has 1 amide bonds. The van der Waals surface area contributed by atoms with E-state index in [4.69, 9.17) is 4.74 Å². The third kappa shape index (κ3) is 4.55. The number of halogens is 1. The highest BCUT2D eigenvalue weighted by atomic mass is 79.9. The minimum atomic E-state index is -1.77. The van der Waals surface area contributed by atoms with E-state index in [1.807, 2.05) is 109 Å². The van der Waals surface area contributed by atoms with Gasteiger partial charge < -0.3 is 19.3 Å². The number of aliphatic hydroxyl groups is 1. The van der Waals surface area contributed by atoms with Gasteiger partial charge in [-0.15, -0.1) is 0 Å². The number of nitrogens with zero attached hydrogens (tertiary/aromatic N) is 2. The van der Waals surface area contributed by atoms with Gasteiger partial charge in [0.25, 0.3) is 0 Å². The summed E-state index contributed by atoms with van der Waals surface area (Å²) in [4.78, 5) is 29.9. The first-order chi connectivity index (χ1) is 19.9. The molecule has 6 nitrogen and oxygen atoms in total. The molecule has 0 bridgehead atoms. The van der Waals surface area contributed by atoms with E-state index in [1.165, 1.54) is 0 Å². The minimum absolute atomic E-state index is 0.0802. The molecule has 0 radical (unpaired) electrons. The summed E-state index contributed by atoms with van der Waals surface area (Å²) in [6, 6.07) is 33.0. The number of aliphatic hydroxyl groups excluding tert-OH is 1. The predicted molar refractivity (Wildman–Crippen MR) is 163 cm³/mol. The zero-order chi connectivity index (χ0) is 28.6. The van der Waals surface area contributed by atoms with Gasteiger partial charge in [0.1, 0.15) is 5.41 Å². The van der Waals surface area contributed by atoms with Crippen LogP contribution in [-0.4, -0.2) is 34.3 Å². The van der Waals surface area contributed by atoms with Crippen LogP contribution in [0, 0.1) is 0 Å². The first-order valence-electron chi connectivity index (χ1n) is 13.6. The average Bonchev–Trinajstić information content (AvgIpc) is 3.46. The maximum Gasteiger partial charge on any atom is 0.336 e. The molecule has 0 saturated carbocycles. The molecule has 1 aromatic heterocycles. The van der Waals surface area contributed by atoms with Gasteiger partial charge in [-0.1, -0.05) is 94.8 Å². The van der Waals surface area contributed by atoms with Crippen molar-refractivity contribution in [3.8, 4) is 0 Å². The van der Waals surface area contributed by atoms with Crippen LogP contribution in [0.15, 0.2) is 114 Å². The fourth-order valence-electron chi connectivity index (χ4n) is 5.97. The number of benzene rings is 4. The van der Waals surface area contributed by atoms with Gasteiger partial charge in [-0.3, -0.25) is 4.79 Å². The van der Waals surface area contributed by atoms with Crippen LogP contribution in [-0.2, 0) is 32.8 Å². The fourth-order valence-corrected chi connectivity index (χ4v) is 6.33. The van der Waals surface area contributed by atoms with E-state index in [1.54, 1.807) is 11.8 Å². The van der Waals surface area contributed by atoms with E-state index in [-0.39, 0.29) is 12.5 Å². The molecule has 2 heterocycles. The number of ether oxygens (including phenoxy) is 1. The largest absolute Gasteiger partial charge is 0.464 e. The summed E-state index contributed by atoms with van der Waals surface area (Å²) in [5.41, 5.74) is 2.96. The molecule has 2 atom stereocenters. The van der Waals surface area contributed by atoms with Gasteiger partial charge in [-0.25, -0.2) is 4.79 Å². The SMILES string of the molecule is CCOC(=O)[C@@H](O)[C@@]1(c2cn(Cc3ccccc3)c3ccc(Br)cc23)C(=O)N(Cc2ccccc2)c2ccccc21. The predicted octanol–water partition coefficient (Wildman–Crippen LogP) is 6.21. The van der Waals surface area contributed by atoms with Gasteiger partial charge in [0.15, 0.2) is 6.10 Å². The van der Waals surface area contributed by atoms with Crippen LogP contribution in [0.3, 0.4) is 0 Å². The smallest absolute Gasteiger partial charge is 0.336 e. The molecule has 0 fully saturated rings. The maximum atomic E-state index is 14.9. The molecule has 4 aromatic carbocycles. The third-order valence-corrected chi connectivity index (χ3v) is 8.26. The number of para-hydroxylation sites is 1. The van der Waals surface area contributed by atoms with Crippen molar-refractivity contribution in [1.29, 1.82) is 0 Å². The Hall–Kier alpha value is -4.20. The number of fused-ring (bicyclic) bond motifs is 2. The van der Waals surface area contributed by atoms with Crippen LogP contribution in [0.1, 0.15) is 29.2 Å². The van der Waals surface area contributed by atoms with Crippen molar-refractivity contribution in [1.82, 2.24) is 4.57 Å². The summed E-state index contributed by atoms with van der Waals surface area (Å²) < 4.78 is 8.24. The van der Waals surface area contributed by atoms with Gasteiger partial charge in [-0.05, 0) is 47.9 Å². The molecule has 1 aliphatic rings. The van der Waals surface area contributed by atoms with Crippen molar-refractivity contribution in [2.75, 3.05) is 11.5 Å². The highest BCUT2D eigenvalue weighted by Crippen LogP contribution is 2.51. The summed E-state index contributed by atoms with van der Waals surface area (Å²) in [6.07, 6.45) is 0.138. The summed E-state index contributed by atoms with van der Waals surface area (Å²) in [6.45, 7) is 2.61. The number of esters is 1. The molecule has 206 valence electrons.